The van der Waals surface area contributed by atoms with Crippen molar-refractivity contribution in [1.82, 2.24) is 20.2 Å². The summed E-state index contributed by atoms with van der Waals surface area (Å²) in [6.07, 6.45) is 1.61. The first-order chi connectivity index (χ1) is 12.9. The Kier molecular flexibility index (Phi) is 3.84. The van der Waals surface area contributed by atoms with Gasteiger partial charge in [0.15, 0.2) is 0 Å². The van der Waals surface area contributed by atoms with Crippen molar-refractivity contribution in [3.8, 4) is 11.3 Å². The molecule has 0 N–H and O–H groups in total. The molecule has 0 amide bonds. The number of rotatable bonds is 3. The third-order valence-corrected chi connectivity index (χ3v) is 5.95. The van der Waals surface area contributed by atoms with Gasteiger partial charge in [0.1, 0.15) is 26.9 Å². The predicted molar refractivity (Wildman–Crippen MR) is 107 cm³/mol. The van der Waals surface area contributed by atoms with Crippen molar-refractivity contribution >= 4 is 44.1 Å². The summed E-state index contributed by atoms with van der Waals surface area (Å²) in [7, 11) is 0. The molecule has 26 heavy (non-hydrogen) atoms. The molecule has 5 rings (SSSR count). The van der Waals surface area contributed by atoms with Gasteiger partial charge in [-0.15, -0.1) is 21.5 Å². The predicted octanol–water partition coefficient (Wildman–Crippen LogP) is 5.45. The van der Waals surface area contributed by atoms with Crippen LogP contribution in [0.3, 0.4) is 0 Å². The first-order valence-corrected chi connectivity index (χ1v) is 9.77. The normalized spacial score (nSPS) is 11.2. The fraction of sp³-hybridized carbons (Fsp3) is 0. The first kappa shape index (κ1) is 15.4. The van der Waals surface area contributed by atoms with E-state index in [1.807, 2.05) is 35.7 Å². The van der Waals surface area contributed by atoms with Gasteiger partial charge >= 0.3 is 0 Å². The zero-order valence-corrected chi connectivity index (χ0v) is 15.2. The number of fused-ring (bicyclic) bond motifs is 2. The summed E-state index contributed by atoms with van der Waals surface area (Å²) in [6.45, 7) is 0. The molecular formula is C20H12N4S2. The van der Waals surface area contributed by atoms with Crippen molar-refractivity contribution in [1.29, 1.82) is 0 Å². The Balaban J connectivity index is 1.67. The van der Waals surface area contributed by atoms with Crippen LogP contribution >= 0.6 is 23.1 Å². The molecule has 5 aromatic rings. The van der Waals surface area contributed by atoms with Crippen molar-refractivity contribution in [3.63, 3.8) is 0 Å². The van der Waals surface area contributed by atoms with E-state index >= 15 is 0 Å². The van der Waals surface area contributed by atoms with E-state index in [9.17, 15) is 0 Å². The topological polar surface area (TPSA) is 51.6 Å². The Labute approximate surface area is 158 Å². The third-order valence-electron chi connectivity index (χ3n) is 4.12. The minimum Gasteiger partial charge on any atom is -0.229 e. The van der Waals surface area contributed by atoms with Gasteiger partial charge in [0, 0.05) is 21.7 Å². The molecule has 0 radical (unpaired) electrons. The van der Waals surface area contributed by atoms with E-state index in [0.29, 0.717) is 0 Å². The standard InChI is InChI=1S/C20H12N4S2/c1-2-6-13(7-3-1)17-14-8-4-5-9-15(14)20(24-23-17)26-19-16-10-11-25-18(16)21-12-22-19/h1-12H. The van der Waals surface area contributed by atoms with E-state index in [1.54, 1.807) is 17.7 Å². The van der Waals surface area contributed by atoms with Crippen molar-refractivity contribution < 1.29 is 0 Å². The first-order valence-electron chi connectivity index (χ1n) is 8.07. The van der Waals surface area contributed by atoms with Gasteiger partial charge in [-0.2, -0.15) is 0 Å². The van der Waals surface area contributed by atoms with Crippen LogP contribution in [0, 0.1) is 0 Å². The van der Waals surface area contributed by atoms with Crippen molar-refractivity contribution in [2.45, 2.75) is 10.1 Å². The van der Waals surface area contributed by atoms with Gasteiger partial charge in [-0.3, -0.25) is 0 Å². The van der Waals surface area contributed by atoms with Crippen LogP contribution in [-0.2, 0) is 0 Å². The number of thiophene rings is 1. The number of nitrogens with zero attached hydrogens (tertiary/aromatic N) is 4. The van der Waals surface area contributed by atoms with Crippen LogP contribution < -0.4 is 0 Å². The zero-order valence-electron chi connectivity index (χ0n) is 13.5. The van der Waals surface area contributed by atoms with Gasteiger partial charge in [-0.25, -0.2) is 9.97 Å². The highest BCUT2D eigenvalue weighted by Crippen LogP contribution is 2.37. The van der Waals surface area contributed by atoms with E-state index in [-0.39, 0.29) is 0 Å². The minimum absolute atomic E-state index is 0.853. The highest BCUT2D eigenvalue weighted by Gasteiger charge is 2.14. The van der Waals surface area contributed by atoms with E-state index in [0.717, 1.165) is 42.3 Å². The van der Waals surface area contributed by atoms with Gasteiger partial charge in [0.05, 0.1) is 0 Å². The molecule has 3 aromatic heterocycles. The Morgan fingerprint density at radius 2 is 1.50 bits per heavy atom. The molecule has 124 valence electrons. The summed E-state index contributed by atoms with van der Waals surface area (Å²) in [4.78, 5) is 9.76. The number of aromatic nitrogens is 4. The van der Waals surface area contributed by atoms with Crippen LogP contribution in [0.4, 0.5) is 0 Å². The van der Waals surface area contributed by atoms with Gasteiger partial charge in [-0.1, -0.05) is 54.6 Å². The molecule has 2 aromatic carbocycles. The van der Waals surface area contributed by atoms with Crippen molar-refractivity contribution in [2.75, 3.05) is 0 Å². The number of benzene rings is 2. The van der Waals surface area contributed by atoms with Crippen molar-refractivity contribution in [3.05, 3.63) is 72.4 Å². The maximum atomic E-state index is 4.53. The smallest absolute Gasteiger partial charge is 0.133 e. The molecule has 0 fully saturated rings. The van der Waals surface area contributed by atoms with Crippen LogP contribution in [0.1, 0.15) is 0 Å². The second kappa shape index (κ2) is 6.48. The second-order valence-electron chi connectivity index (χ2n) is 5.69. The number of hydrogen-bond donors (Lipinski definition) is 0. The van der Waals surface area contributed by atoms with Crippen LogP contribution in [0.2, 0.25) is 0 Å². The summed E-state index contributed by atoms with van der Waals surface area (Å²) < 4.78 is 0. The molecule has 0 aliphatic rings. The Morgan fingerprint density at radius 3 is 2.38 bits per heavy atom. The molecular weight excluding hydrogens is 360 g/mol. The summed E-state index contributed by atoms with van der Waals surface area (Å²) in [5.74, 6) is 0. The SMILES string of the molecule is c1ccc(-c2nnc(Sc3ncnc4sccc34)c3ccccc23)cc1. The molecule has 6 heteroatoms. The molecule has 0 aliphatic heterocycles. The number of hydrogen-bond acceptors (Lipinski definition) is 6. The average molecular weight is 372 g/mol. The largest absolute Gasteiger partial charge is 0.229 e. The highest BCUT2D eigenvalue weighted by atomic mass is 32.2. The molecule has 0 bridgehead atoms. The van der Waals surface area contributed by atoms with Crippen LogP contribution in [0.15, 0.2) is 82.4 Å². The Bertz CT molecular complexity index is 1220. The van der Waals surface area contributed by atoms with Crippen LogP contribution in [0.5, 0.6) is 0 Å². The minimum atomic E-state index is 0.853. The summed E-state index contributed by atoms with van der Waals surface area (Å²) in [6, 6.07) is 20.5. The Morgan fingerprint density at radius 1 is 0.692 bits per heavy atom. The summed E-state index contributed by atoms with van der Waals surface area (Å²) in [5, 5.41) is 16.1. The van der Waals surface area contributed by atoms with E-state index in [2.05, 4.69) is 50.5 Å². The fourth-order valence-corrected chi connectivity index (χ4v) is 4.63. The monoisotopic (exact) mass is 372 g/mol. The molecule has 0 spiro atoms. The Hall–Kier alpha value is -2.83. The molecule has 0 saturated carbocycles. The van der Waals surface area contributed by atoms with Crippen molar-refractivity contribution in [2.24, 2.45) is 0 Å². The fourth-order valence-electron chi connectivity index (χ4n) is 2.90. The van der Waals surface area contributed by atoms with Crippen LogP contribution in [-0.4, -0.2) is 20.2 Å². The lowest BCUT2D eigenvalue weighted by atomic mass is 10.1. The zero-order chi connectivity index (χ0) is 17.3. The lowest BCUT2D eigenvalue weighted by Gasteiger charge is -2.09. The van der Waals surface area contributed by atoms with Gasteiger partial charge in [-0.05, 0) is 23.2 Å². The van der Waals surface area contributed by atoms with Gasteiger partial charge < -0.3 is 0 Å². The molecule has 0 aliphatic carbocycles. The van der Waals surface area contributed by atoms with Crippen LogP contribution in [0.25, 0.3) is 32.2 Å². The third kappa shape index (κ3) is 2.64. The van der Waals surface area contributed by atoms with E-state index in [4.69, 9.17) is 0 Å². The maximum Gasteiger partial charge on any atom is 0.133 e. The second-order valence-corrected chi connectivity index (χ2v) is 7.56. The van der Waals surface area contributed by atoms with Gasteiger partial charge in [0.25, 0.3) is 0 Å². The quantitative estimate of drug-likeness (QED) is 0.394. The lowest BCUT2D eigenvalue weighted by Crippen LogP contribution is -1.94. The molecule has 4 nitrogen and oxygen atoms in total. The van der Waals surface area contributed by atoms with E-state index in [1.165, 1.54) is 11.8 Å². The maximum absolute atomic E-state index is 4.53. The van der Waals surface area contributed by atoms with E-state index < -0.39 is 0 Å². The summed E-state index contributed by atoms with van der Waals surface area (Å²) in [5.41, 5.74) is 1.96. The highest BCUT2D eigenvalue weighted by molar-refractivity contribution is 7.99. The van der Waals surface area contributed by atoms with Gasteiger partial charge in [0.2, 0.25) is 0 Å². The molecule has 0 atom stereocenters. The molecule has 0 unspecified atom stereocenters. The average Bonchev–Trinajstić information content (AvgIpc) is 3.19. The summed E-state index contributed by atoms with van der Waals surface area (Å²) >= 11 is 3.15. The lowest BCUT2D eigenvalue weighted by molar-refractivity contribution is 0.958. The molecule has 3 heterocycles. The molecule has 0 saturated heterocycles.